The number of dihydropyridines is 1. The Morgan fingerprint density at radius 3 is 2.55 bits per heavy atom. The van der Waals surface area contributed by atoms with Crippen molar-refractivity contribution < 1.29 is 33.0 Å². The molecule has 0 spiro atoms. The van der Waals surface area contributed by atoms with E-state index >= 15 is 0 Å². The number of halogens is 1. The minimum atomic E-state index is -1.02. The molecule has 166 valence electrons. The number of carbonyl (C=O) groups is 3. The van der Waals surface area contributed by atoms with Crippen LogP contribution in [0.5, 0.6) is 0 Å². The van der Waals surface area contributed by atoms with Gasteiger partial charge in [0.1, 0.15) is 18.3 Å². The van der Waals surface area contributed by atoms with Crippen LogP contribution in [-0.4, -0.2) is 45.2 Å². The first-order chi connectivity index (χ1) is 14.8. The molecule has 0 saturated heterocycles. The average molecular weight is 431 g/mol. The summed E-state index contributed by atoms with van der Waals surface area (Å²) in [6.45, 7) is 3.69. The molecule has 3 rings (SSSR count). The maximum absolute atomic E-state index is 14.9. The van der Waals surface area contributed by atoms with Crippen molar-refractivity contribution >= 4 is 17.7 Å². The largest absolute Gasteiger partial charge is 0.468 e. The fraction of sp³-hybridized carbons (Fsp3) is 0.435. The molecule has 1 aliphatic carbocycles. The molecule has 7 nitrogen and oxygen atoms in total. The normalized spacial score (nSPS) is 23.3. The van der Waals surface area contributed by atoms with E-state index in [9.17, 15) is 18.8 Å². The van der Waals surface area contributed by atoms with Crippen molar-refractivity contribution in [3.8, 4) is 0 Å². The Bertz CT molecular complexity index is 967. The van der Waals surface area contributed by atoms with Crippen LogP contribution in [0.1, 0.15) is 31.7 Å². The Balaban J connectivity index is 2.14. The first-order valence-electron chi connectivity index (χ1n) is 10.0. The number of allylic oxidation sites excluding steroid dienone is 3. The van der Waals surface area contributed by atoms with Gasteiger partial charge in [-0.25, -0.2) is 9.18 Å². The van der Waals surface area contributed by atoms with E-state index in [0.29, 0.717) is 17.8 Å². The highest BCUT2D eigenvalue weighted by atomic mass is 19.1. The third-order valence-electron chi connectivity index (χ3n) is 5.70. The molecule has 1 aromatic carbocycles. The van der Waals surface area contributed by atoms with Gasteiger partial charge in [0.25, 0.3) is 0 Å². The van der Waals surface area contributed by atoms with Gasteiger partial charge in [-0.3, -0.25) is 9.59 Å². The van der Waals surface area contributed by atoms with Crippen LogP contribution in [0, 0.1) is 17.7 Å². The Hall–Kier alpha value is -3.00. The number of benzene rings is 1. The van der Waals surface area contributed by atoms with E-state index in [0.717, 1.165) is 0 Å². The maximum Gasteiger partial charge on any atom is 0.336 e. The van der Waals surface area contributed by atoms with Gasteiger partial charge >= 0.3 is 11.9 Å². The van der Waals surface area contributed by atoms with Gasteiger partial charge in [-0.05, 0) is 25.3 Å². The quantitative estimate of drug-likeness (QED) is 0.421. The second-order valence-corrected chi connectivity index (χ2v) is 7.69. The minimum absolute atomic E-state index is 0.0117. The highest BCUT2D eigenvalue weighted by Crippen LogP contribution is 2.45. The Kier molecular flexibility index (Phi) is 6.90. The summed E-state index contributed by atoms with van der Waals surface area (Å²) < 4.78 is 30.0. The second-order valence-electron chi connectivity index (χ2n) is 7.69. The molecule has 1 aliphatic heterocycles. The standard InChI is InChI=1S/C23H26FNO6/c1-12-11-16-20(21(26)17(12)22(27)30-4)19(14-7-5-6-8-15(14)24)18(13(2)25-16)23(28)31-10-9-29-3/h5-8,12,17,19,25H,9-11H2,1-4H3/t12-,17-,19+/m0/s1. The van der Waals surface area contributed by atoms with Crippen LogP contribution in [0.2, 0.25) is 0 Å². The molecule has 0 fully saturated rings. The fourth-order valence-corrected chi connectivity index (χ4v) is 4.27. The molecule has 0 aromatic heterocycles. The number of hydrogen-bond acceptors (Lipinski definition) is 7. The molecule has 2 aliphatic rings. The Labute approximate surface area is 180 Å². The minimum Gasteiger partial charge on any atom is -0.468 e. The number of ether oxygens (including phenoxy) is 3. The van der Waals surface area contributed by atoms with E-state index in [-0.39, 0.29) is 35.8 Å². The van der Waals surface area contributed by atoms with Crippen LogP contribution < -0.4 is 5.32 Å². The zero-order valence-corrected chi connectivity index (χ0v) is 18.0. The van der Waals surface area contributed by atoms with E-state index < -0.39 is 35.4 Å². The van der Waals surface area contributed by atoms with Crippen molar-refractivity contribution in [1.29, 1.82) is 0 Å². The van der Waals surface area contributed by atoms with Gasteiger partial charge in [-0.2, -0.15) is 0 Å². The third-order valence-corrected chi connectivity index (χ3v) is 5.70. The lowest BCUT2D eigenvalue weighted by Gasteiger charge is -2.38. The molecule has 0 bridgehead atoms. The predicted octanol–water partition coefficient (Wildman–Crippen LogP) is 2.63. The Morgan fingerprint density at radius 2 is 1.90 bits per heavy atom. The molecule has 1 N–H and O–H groups in total. The second kappa shape index (κ2) is 9.43. The lowest BCUT2D eigenvalue weighted by Crippen LogP contribution is -2.43. The molecule has 0 amide bonds. The summed E-state index contributed by atoms with van der Waals surface area (Å²) in [7, 11) is 2.71. The molecular formula is C23H26FNO6. The SMILES string of the molecule is COCCOC(=O)C1=C(C)NC2=C(C(=O)[C@@H](C(=O)OC)[C@@H](C)C2)[C@@H]1c1ccccc1F. The average Bonchev–Trinajstić information content (AvgIpc) is 2.73. The summed E-state index contributed by atoms with van der Waals surface area (Å²) in [6.07, 6.45) is 0.384. The molecule has 0 saturated carbocycles. The third kappa shape index (κ3) is 4.25. The van der Waals surface area contributed by atoms with Crippen LogP contribution in [0.25, 0.3) is 0 Å². The van der Waals surface area contributed by atoms with E-state index in [1.807, 2.05) is 0 Å². The highest BCUT2D eigenvalue weighted by Gasteiger charge is 2.47. The molecule has 0 radical (unpaired) electrons. The van der Waals surface area contributed by atoms with Crippen molar-refractivity contribution in [3.05, 3.63) is 58.2 Å². The number of hydrogen-bond donors (Lipinski definition) is 1. The summed E-state index contributed by atoms with van der Waals surface area (Å²) in [4.78, 5) is 38.8. The van der Waals surface area contributed by atoms with Crippen LogP contribution in [0.4, 0.5) is 4.39 Å². The molecule has 8 heteroatoms. The van der Waals surface area contributed by atoms with Gasteiger partial charge in [-0.1, -0.05) is 25.1 Å². The van der Waals surface area contributed by atoms with Gasteiger partial charge in [0, 0.05) is 29.6 Å². The topological polar surface area (TPSA) is 90.9 Å². The predicted molar refractivity (Wildman–Crippen MR) is 109 cm³/mol. The van der Waals surface area contributed by atoms with Crippen molar-refractivity contribution in [3.63, 3.8) is 0 Å². The number of rotatable bonds is 6. The molecule has 0 unspecified atom stereocenters. The summed E-state index contributed by atoms with van der Waals surface area (Å²) in [6, 6.07) is 5.97. The smallest absolute Gasteiger partial charge is 0.336 e. The zero-order valence-electron chi connectivity index (χ0n) is 18.0. The van der Waals surface area contributed by atoms with Crippen LogP contribution in [0.3, 0.4) is 0 Å². The number of esters is 2. The number of ketones is 1. The van der Waals surface area contributed by atoms with Gasteiger partial charge in [0.15, 0.2) is 5.78 Å². The Morgan fingerprint density at radius 1 is 1.19 bits per heavy atom. The summed E-state index contributed by atoms with van der Waals surface area (Å²) in [5.41, 5.74) is 1.55. The van der Waals surface area contributed by atoms with Crippen molar-refractivity contribution in [2.24, 2.45) is 11.8 Å². The zero-order chi connectivity index (χ0) is 22.7. The number of Topliss-reactive ketones (excluding diaryl/α,β-unsaturated/α-hetero) is 1. The monoisotopic (exact) mass is 431 g/mol. The van der Waals surface area contributed by atoms with Crippen molar-refractivity contribution in [2.45, 2.75) is 26.2 Å². The van der Waals surface area contributed by atoms with E-state index in [2.05, 4.69) is 5.32 Å². The van der Waals surface area contributed by atoms with E-state index in [1.54, 1.807) is 19.9 Å². The number of carbonyl (C=O) groups excluding carboxylic acids is 3. The molecule has 1 aromatic rings. The first kappa shape index (κ1) is 22.7. The summed E-state index contributed by atoms with van der Waals surface area (Å²) in [5, 5.41) is 3.13. The fourth-order valence-electron chi connectivity index (χ4n) is 4.27. The molecule has 31 heavy (non-hydrogen) atoms. The number of nitrogens with one attached hydrogen (secondary N) is 1. The van der Waals surface area contributed by atoms with Gasteiger partial charge < -0.3 is 19.5 Å². The van der Waals surface area contributed by atoms with Gasteiger partial charge in [-0.15, -0.1) is 0 Å². The summed E-state index contributed by atoms with van der Waals surface area (Å²) in [5.74, 6) is -4.69. The lowest BCUT2D eigenvalue weighted by atomic mass is 9.69. The van der Waals surface area contributed by atoms with Crippen LogP contribution in [0.15, 0.2) is 46.8 Å². The summed E-state index contributed by atoms with van der Waals surface area (Å²) >= 11 is 0. The lowest BCUT2D eigenvalue weighted by molar-refractivity contribution is -0.151. The van der Waals surface area contributed by atoms with Crippen LogP contribution >= 0.6 is 0 Å². The van der Waals surface area contributed by atoms with Crippen LogP contribution in [-0.2, 0) is 28.6 Å². The van der Waals surface area contributed by atoms with Crippen molar-refractivity contribution in [2.75, 3.05) is 27.4 Å². The maximum atomic E-state index is 14.9. The van der Waals surface area contributed by atoms with Gasteiger partial charge in [0.05, 0.1) is 25.2 Å². The molecule has 3 atom stereocenters. The van der Waals surface area contributed by atoms with E-state index in [1.165, 1.54) is 32.4 Å². The molecular weight excluding hydrogens is 405 g/mol. The van der Waals surface area contributed by atoms with Crippen molar-refractivity contribution in [1.82, 2.24) is 5.32 Å². The first-order valence-corrected chi connectivity index (χ1v) is 10.0. The highest BCUT2D eigenvalue weighted by molar-refractivity contribution is 6.12. The number of methoxy groups -OCH3 is 2. The molecule has 1 heterocycles. The van der Waals surface area contributed by atoms with E-state index in [4.69, 9.17) is 14.2 Å². The van der Waals surface area contributed by atoms with Gasteiger partial charge in [0.2, 0.25) is 0 Å².